The van der Waals surface area contributed by atoms with Crippen LogP contribution in [0.15, 0.2) is 18.2 Å². The number of fused-ring (bicyclic) bond motifs is 1. The zero-order valence-electron chi connectivity index (χ0n) is 12.1. The summed E-state index contributed by atoms with van der Waals surface area (Å²) in [5.41, 5.74) is 1.39. The fourth-order valence-corrected chi connectivity index (χ4v) is 2.39. The second kappa shape index (κ2) is 5.25. The summed E-state index contributed by atoms with van der Waals surface area (Å²) in [5, 5.41) is 12.1. The molecule has 1 aliphatic rings. The van der Waals surface area contributed by atoms with Crippen LogP contribution < -0.4 is 10.2 Å². The van der Waals surface area contributed by atoms with E-state index in [2.05, 4.69) is 5.32 Å². The maximum Gasteiger partial charge on any atom is 0.335 e. The number of anilines is 1. The Labute approximate surface area is 118 Å². The van der Waals surface area contributed by atoms with Crippen molar-refractivity contribution in [2.75, 3.05) is 18.5 Å². The summed E-state index contributed by atoms with van der Waals surface area (Å²) in [7, 11) is 1.76. The number of hydrogen-bond donors (Lipinski definition) is 2. The Morgan fingerprint density at radius 1 is 1.35 bits per heavy atom. The molecule has 0 bridgehead atoms. The zero-order chi connectivity index (χ0) is 14.9. The van der Waals surface area contributed by atoms with Crippen molar-refractivity contribution in [1.82, 2.24) is 5.32 Å². The molecule has 108 valence electrons. The molecule has 0 atom stereocenters. The quantitative estimate of drug-likeness (QED) is 0.881. The largest absolute Gasteiger partial charge is 0.478 e. The molecule has 1 aliphatic heterocycles. The van der Waals surface area contributed by atoms with Gasteiger partial charge in [0.15, 0.2) is 0 Å². The molecule has 1 aromatic carbocycles. The van der Waals surface area contributed by atoms with Crippen LogP contribution in [0.1, 0.15) is 36.2 Å². The number of aryl methyl sites for hydroxylation is 1. The lowest BCUT2D eigenvalue weighted by Gasteiger charge is -2.35. The van der Waals surface area contributed by atoms with Gasteiger partial charge in [0.25, 0.3) is 0 Å². The standard InChI is InChI=1S/C15H20N2O3/c1-15(2,16-3)14(20)17-8-4-5-10-9-11(13(18)19)6-7-12(10)17/h6-7,9,16H,4-5,8H2,1-3H3,(H,18,19). The highest BCUT2D eigenvalue weighted by atomic mass is 16.4. The van der Waals surface area contributed by atoms with E-state index in [1.54, 1.807) is 30.1 Å². The molecule has 0 saturated heterocycles. The molecule has 0 aliphatic carbocycles. The van der Waals surface area contributed by atoms with Gasteiger partial charge in [-0.25, -0.2) is 4.79 Å². The minimum atomic E-state index is -0.938. The van der Waals surface area contributed by atoms with Crippen LogP contribution in [0.4, 0.5) is 5.69 Å². The van der Waals surface area contributed by atoms with Crippen molar-refractivity contribution in [2.24, 2.45) is 0 Å². The molecule has 0 aromatic heterocycles. The van der Waals surface area contributed by atoms with Crippen LogP contribution in [-0.2, 0) is 11.2 Å². The molecule has 0 radical (unpaired) electrons. The van der Waals surface area contributed by atoms with E-state index in [1.165, 1.54) is 0 Å². The highest BCUT2D eigenvalue weighted by Crippen LogP contribution is 2.29. The lowest BCUT2D eigenvalue weighted by molar-refractivity contribution is -0.123. The lowest BCUT2D eigenvalue weighted by Crippen LogP contribution is -2.54. The Bertz CT molecular complexity index is 552. The van der Waals surface area contributed by atoms with Gasteiger partial charge in [-0.3, -0.25) is 4.79 Å². The van der Waals surface area contributed by atoms with Gasteiger partial charge in [-0.05, 0) is 57.5 Å². The number of likely N-dealkylation sites (N-methyl/N-ethyl adjacent to an activating group) is 1. The number of nitrogens with one attached hydrogen (secondary N) is 1. The Balaban J connectivity index is 2.38. The highest BCUT2D eigenvalue weighted by Gasteiger charge is 2.33. The van der Waals surface area contributed by atoms with Crippen LogP contribution in [0.3, 0.4) is 0 Å². The average molecular weight is 276 g/mol. The van der Waals surface area contributed by atoms with Gasteiger partial charge in [0.1, 0.15) is 0 Å². The Morgan fingerprint density at radius 2 is 2.05 bits per heavy atom. The van der Waals surface area contributed by atoms with Crippen LogP contribution in [0.5, 0.6) is 0 Å². The van der Waals surface area contributed by atoms with Gasteiger partial charge in [-0.1, -0.05) is 0 Å². The van der Waals surface area contributed by atoms with Crippen molar-refractivity contribution in [3.8, 4) is 0 Å². The summed E-state index contributed by atoms with van der Waals surface area (Å²) in [6.07, 6.45) is 1.65. The average Bonchev–Trinajstić information content (AvgIpc) is 2.45. The van der Waals surface area contributed by atoms with Gasteiger partial charge in [-0.2, -0.15) is 0 Å². The number of carbonyl (C=O) groups is 2. The van der Waals surface area contributed by atoms with Crippen molar-refractivity contribution >= 4 is 17.6 Å². The molecule has 0 saturated carbocycles. The molecule has 1 aromatic rings. The minimum Gasteiger partial charge on any atom is -0.478 e. The highest BCUT2D eigenvalue weighted by molar-refractivity contribution is 6.01. The molecule has 1 heterocycles. The first-order valence-electron chi connectivity index (χ1n) is 6.74. The maximum absolute atomic E-state index is 12.6. The van der Waals surface area contributed by atoms with Crippen LogP contribution >= 0.6 is 0 Å². The summed E-state index contributed by atoms with van der Waals surface area (Å²) in [4.78, 5) is 25.3. The van der Waals surface area contributed by atoms with Gasteiger partial charge in [0, 0.05) is 12.2 Å². The topological polar surface area (TPSA) is 69.6 Å². The predicted molar refractivity (Wildman–Crippen MR) is 77.2 cm³/mol. The Kier molecular flexibility index (Phi) is 3.81. The van der Waals surface area contributed by atoms with Crippen LogP contribution in [0.2, 0.25) is 0 Å². The molecular weight excluding hydrogens is 256 g/mol. The molecule has 20 heavy (non-hydrogen) atoms. The summed E-state index contributed by atoms with van der Waals surface area (Å²) >= 11 is 0. The van der Waals surface area contributed by atoms with Gasteiger partial charge in [0.2, 0.25) is 5.91 Å². The monoisotopic (exact) mass is 276 g/mol. The van der Waals surface area contributed by atoms with Gasteiger partial charge in [-0.15, -0.1) is 0 Å². The van der Waals surface area contributed by atoms with Crippen molar-refractivity contribution in [2.45, 2.75) is 32.2 Å². The molecule has 0 spiro atoms. The molecule has 1 amide bonds. The number of aromatic carboxylic acids is 1. The van der Waals surface area contributed by atoms with Gasteiger partial charge in [0.05, 0.1) is 11.1 Å². The molecule has 5 nitrogen and oxygen atoms in total. The third kappa shape index (κ3) is 2.54. The first kappa shape index (κ1) is 14.5. The number of amides is 1. The van der Waals surface area contributed by atoms with Crippen molar-refractivity contribution in [3.63, 3.8) is 0 Å². The van der Waals surface area contributed by atoms with E-state index in [-0.39, 0.29) is 11.5 Å². The number of carboxylic acid groups (broad SMARTS) is 1. The van der Waals surface area contributed by atoms with Crippen molar-refractivity contribution < 1.29 is 14.7 Å². The number of benzene rings is 1. The molecule has 5 heteroatoms. The SMILES string of the molecule is CNC(C)(C)C(=O)N1CCCc2cc(C(=O)O)ccc21. The first-order valence-corrected chi connectivity index (χ1v) is 6.74. The summed E-state index contributed by atoms with van der Waals surface area (Å²) in [6.45, 7) is 4.35. The third-order valence-electron chi connectivity index (χ3n) is 3.85. The molecule has 2 N–H and O–H groups in total. The number of rotatable bonds is 3. The summed E-state index contributed by atoms with van der Waals surface area (Å²) in [5.74, 6) is -0.934. The Hall–Kier alpha value is -1.88. The fraction of sp³-hybridized carbons (Fsp3) is 0.467. The summed E-state index contributed by atoms with van der Waals surface area (Å²) in [6, 6.07) is 4.96. The maximum atomic E-state index is 12.6. The normalized spacial score (nSPS) is 14.8. The number of hydrogen-bond acceptors (Lipinski definition) is 3. The summed E-state index contributed by atoms with van der Waals surface area (Å²) < 4.78 is 0. The van der Waals surface area contributed by atoms with Crippen LogP contribution in [-0.4, -0.2) is 36.1 Å². The van der Waals surface area contributed by atoms with Crippen molar-refractivity contribution in [3.05, 3.63) is 29.3 Å². The fourth-order valence-electron chi connectivity index (χ4n) is 2.39. The van der Waals surface area contributed by atoms with E-state index in [1.807, 2.05) is 13.8 Å². The molecule has 2 rings (SSSR count). The van der Waals surface area contributed by atoms with Crippen molar-refractivity contribution in [1.29, 1.82) is 0 Å². The molecule has 0 fully saturated rings. The Morgan fingerprint density at radius 3 is 2.65 bits per heavy atom. The zero-order valence-corrected chi connectivity index (χ0v) is 12.1. The van der Waals surface area contributed by atoms with Gasteiger partial charge < -0.3 is 15.3 Å². The minimum absolute atomic E-state index is 0.00373. The van der Waals surface area contributed by atoms with Crippen LogP contribution in [0, 0.1) is 0 Å². The van der Waals surface area contributed by atoms with Gasteiger partial charge >= 0.3 is 5.97 Å². The number of carboxylic acids is 1. The second-order valence-electron chi connectivity index (χ2n) is 5.58. The first-order chi connectivity index (χ1) is 9.36. The predicted octanol–water partition coefficient (Wildman–Crippen LogP) is 1.66. The molecular formula is C15H20N2O3. The second-order valence-corrected chi connectivity index (χ2v) is 5.58. The smallest absolute Gasteiger partial charge is 0.335 e. The van der Waals surface area contributed by atoms with E-state index in [0.717, 1.165) is 24.1 Å². The van der Waals surface area contributed by atoms with E-state index in [0.29, 0.717) is 6.54 Å². The van der Waals surface area contributed by atoms with E-state index < -0.39 is 11.5 Å². The van der Waals surface area contributed by atoms with E-state index in [9.17, 15) is 9.59 Å². The number of carbonyl (C=O) groups excluding carboxylic acids is 1. The third-order valence-corrected chi connectivity index (χ3v) is 3.85. The lowest BCUT2D eigenvalue weighted by atomic mass is 9.96. The van der Waals surface area contributed by atoms with E-state index in [4.69, 9.17) is 5.11 Å². The number of nitrogens with zero attached hydrogens (tertiary/aromatic N) is 1. The van der Waals surface area contributed by atoms with E-state index >= 15 is 0 Å². The molecule has 0 unspecified atom stereocenters. The van der Waals surface area contributed by atoms with Crippen LogP contribution in [0.25, 0.3) is 0 Å².